The molecule has 2 aromatic rings. The van der Waals surface area contributed by atoms with E-state index < -0.39 is 22.8 Å². The van der Waals surface area contributed by atoms with E-state index in [1.807, 2.05) is 18.5 Å². The SMILES string of the molecule is C/C(=C\C(O)Cn1cc(CN2CCC3(CC2)OCCc2cc(C(F)(F)F)sc23)cn1)C1CC1. The van der Waals surface area contributed by atoms with Crippen molar-refractivity contribution in [3.05, 3.63) is 51.0 Å². The van der Waals surface area contributed by atoms with Crippen LogP contribution >= 0.6 is 11.3 Å². The Labute approximate surface area is 195 Å². The summed E-state index contributed by atoms with van der Waals surface area (Å²) in [7, 11) is 0. The largest absolute Gasteiger partial charge is 0.425 e. The van der Waals surface area contributed by atoms with E-state index in [4.69, 9.17) is 4.74 Å². The van der Waals surface area contributed by atoms with Gasteiger partial charge in [0.25, 0.3) is 0 Å². The molecule has 1 atom stereocenters. The molecule has 0 radical (unpaired) electrons. The summed E-state index contributed by atoms with van der Waals surface area (Å²) in [5.41, 5.74) is 2.55. The molecule has 1 N–H and O–H groups in total. The molecule has 1 spiro atoms. The second kappa shape index (κ2) is 8.83. The minimum atomic E-state index is -4.30. The lowest BCUT2D eigenvalue weighted by atomic mass is 9.85. The van der Waals surface area contributed by atoms with Gasteiger partial charge < -0.3 is 9.84 Å². The normalized spacial score (nSPS) is 22.5. The summed E-state index contributed by atoms with van der Waals surface area (Å²) >= 11 is 0.861. The lowest BCUT2D eigenvalue weighted by Gasteiger charge is -2.43. The number of aromatic nitrogens is 2. The number of ether oxygens (including phenoxy) is 1. The lowest BCUT2D eigenvalue weighted by Crippen LogP contribution is -2.45. The predicted molar refractivity (Wildman–Crippen MR) is 120 cm³/mol. The topological polar surface area (TPSA) is 50.5 Å². The Hall–Kier alpha value is -1.68. The number of nitrogens with zero attached hydrogens (tertiary/aromatic N) is 3. The van der Waals surface area contributed by atoms with Gasteiger partial charge in [-0.05, 0) is 56.6 Å². The highest BCUT2D eigenvalue weighted by Crippen LogP contribution is 2.48. The summed E-state index contributed by atoms with van der Waals surface area (Å²) in [5, 5.41) is 14.7. The molecule has 2 aromatic heterocycles. The van der Waals surface area contributed by atoms with Crippen LogP contribution in [-0.4, -0.2) is 45.6 Å². The van der Waals surface area contributed by atoms with Gasteiger partial charge in [0.05, 0.1) is 25.5 Å². The highest BCUT2D eigenvalue weighted by atomic mass is 32.1. The summed E-state index contributed by atoms with van der Waals surface area (Å²) < 4.78 is 47.7. The zero-order valence-corrected chi connectivity index (χ0v) is 19.6. The molecule has 4 heterocycles. The van der Waals surface area contributed by atoms with Crippen LogP contribution in [0.2, 0.25) is 0 Å². The van der Waals surface area contributed by atoms with Crippen LogP contribution in [0.15, 0.2) is 30.1 Å². The fraction of sp³-hybridized carbons (Fsp3) is 0.625. The number of halogens is 3. The number of rotatable bonds is 6. The van der Waals surface area contributed by atoms with Crippen LogP contribution in [0.4, 0.5) is 13.2 Å². The van der Waals surface area contributed by atoms with Gasteiger partial charge in [0, 0.05) is 36.3 Å². The number of piperidine rings is 1. The van der Waals surface area contributed by atoms with Gasteiger partial charge in [-0.1, -0.05) is 11.6 Å². The maximum absolute atomic E-state index is 13.3. The maximum Gasteiger partial charge on any atom is 0.425 e. The molecule has 2 fully saturated rings. The Bertz CT molecular complexity index is 1020. The van der Waals surface area contributed by atoms with Gasteiger partial charge in [-0.25, -0.2) is 0 Å². The van der Waals surface area contributed by atoms with Crippen molar-refractivity contribution in [2.75, 3.05) is 19.7 Å². The average molecular weight is 482 g/mol. The Morgan fingerprint density at radius 1 is 1.36 bits per heavy atom. The number of hydrogen-bond acceptors (Lipinski definition) is 5. The minimum Gasteiger partial charge on any atom is -0.387 e. The average Bonchev–Trinajstić information content (AvgIpc) is 3.36. The van der Waals surface area contributed by atoms with Crippen molar-refractivity contribution < 1.29 is 23.0 Å². The van der Waals surface area contributed by atoms with Gasteiger partial charge in [0.1, 0.15) is 10.5 Å². The molecule has 0 aromatic carbocycles. The molecule has 1 saturated carbocycles. The first-order chi connectivity index (χ1) is 15.7. The third-order valence-electron chi connectivity index (χ3n) is 7.06. The van der Waals surface area contributed by atoms with Crippen molar-refractivity contribution in [3.8, 4) is 0 Å². The second-order valence-corrected chi connectivity index (χ2v) is 10.7. The molecular weight excluding hydrogens is 451 g/mol. The number of aliphatic hydroxyl groups excluding tert-OH is 1. The first-order valence-electron chi connectivity index (χ1n) is 11.7. The molecular formula is C24H30F3N3O2S. The van der Waals surface area contributed by atoms with Crippen molar-refractivity contribution in [2.24, 2.45) is 5.92 Å². The van der Waals surface area contributed by atoms with Crippen molar-refractivity contribution in [1.82, 2.24) is 14.7 Å². The smallest absolute Gasteiger partial charge is 0.387 e. The van der Waals surface area contributed by atoms with Crippen molar-refractivity contribution >= 4 is 11.3 Å². The number of aliphatic hydroxyl groups is 1. The molecule has 9 heteroatoms. The van der Waals surface area contributed by atoms with E-state index in [9.17, 15) is 18.3 Å². The Morgan fingerprint density at radius 3 is 2.82 bits per heavy atom. The van der Waals surface area contributed by atoms with Crippen molar-refractivity contribution in [1.29, 1.82) is 0 Å². The van der Waals surface area contributed by atoms with Crippen LogP contribution in [0.3, 0.4) is 0 Å². The Kier molecular flexibility index (Phi) is 6.18. The maximum atomic E-state index is 13.3. The van der Waals surface area contributed by atoms with E-state index in [1.165, 1.54) is 24.5 Å². The third kappa shape index (κ3) is 5.06. The molecule has 33 heavy (non-hydrogen) atoms. The van der Waals surface area contributed by atoms with Crippen LogP contribution in [0.1, 0.15) is 53.5 Å². The highest BCUT2D eigenvalue weighted by Gasteiger charge is 2.45. The molecule has 1 saturated heterocycles. The van der Waals surface area contributed by atoms with E-state index >= 15 is 0 Å². The fourth-order valence-corrected chi connectivity index (χ4v) is 6.35. The van der Waals surface area contributed by atoms with Crippen molar-refractivity contribution in [3.63, 3.8) is 0 Å². The van der Waals surface area contributed by atoms with Crippen LogP contribution in [0, 0.1) is 5.92 Å². The van der Waals surface area contributed by atoms with E-state index in [0.29, 0.717) is 38.3 Å². The molecule has 5 nitrogen and oxygen atoms in total. The van der Waals surface area contributed by atoms with E-state index in [0.717, 1.165) is 47.0 Å². The van der Waals surface area contributed by atoms with Crippen LogP contribution in [-0.2, 0) is 36.0 Å². The summed E-state index contributed by atoms with van der Waals surface area (Å²) in [4.78, 5) is 2.56. The third-order valence-corrected chi connectivity index (χ3v) is 8.47. The summed E-state index contributed by atoms with van der Waals surface area (Å²) in [6, 6.07) is 1.32. The number of likely N-dealkylation sites (tertiary alicyclic amines) is 1. The number of thiophene rings is 1. The Balaban J connectivity index is 1.18. The molecule has 0 bridgehead atoms. The number of fused-ring (bicyclic) bond motifs is 2. The van der Waals surface area contributed by atoms with Gasteiger partial charge in [-0.3, -0.25) is 9.58 Å². The van der Waals surface area contributed by atoms with Gasteiger partial charge in [0.2, 0.25) is 0 Å². The minimum absolute atomic E-state index is 0.434. The van der Waals surface area contributed by atoms with E-state index in [1.54, 1.807) is 4.68 Å². The molecule has 0 amide bonds. The van der Waals surface area contributed by atoms with Crippen LogP contribution < -0.4 is 0 Å². The monoisotopic (exact) mass is 481 g/mol. The molecule has 3 aliphatic rings. The molecule has 5 rings (SSSR count). The first-order valence-corrected chi connectivity index (χ1v) is 12.5. The zero-order valence-electron chi connectivity index (χ0n) is 18.8. The number of allylic oxidation sites excluding steroid dienone is 1. The molecule has 1 aliphatic carbocycles. The quantitative estimate of drug-likeness (QED) is 0.606. The Morgan fingerprint density at radius 2 is 2.12 bits per heavy atom. The number of hydrogen-bond donors (Lipinski definition) is 1. The highest BCUT2D eigenvalue weighted by molar-refractivity contribution is 7.12. The summed E-state index contributed by atoms with van der Waals surface area (Å²) in [5.74, 6) is 0.647. The van der Waals surface area contributed by atoms with E-state index in [2.05, 4.69) is 16.9 Å². The fourth-order valence-electron chi connectivity index (χ4n) is 5.07. The molecule has 180 valence electrons. The summed E-state index contributed by atoms with van der Waals surface area (Å²) in [6.07, 6.45) is 5.27. The zero-order chi connectivity index (χ0) is 23.2. The van der Waals surface area contributed by atoms with Crippen molar-refractivity contribution in [2.45, 2.75) is 70.0 Å². The first kappa shape index (κ1) is 23.1. The lowest BCUT2D eigenvalue weighted by molar-refractivity contribution is -0.134. The summed E-state index contributed by atoms with van der Waals surface area (Å²) in [6.45, 7) is 5.24. The second-order valence-electron chi connectivity index (χ2n) is 9.65. The van der Waals surface area contributed by atoms with Gasteiger partial charge >= 0.3 is 6.18 Å². The van der Waals surface area contributed by atoms with Crippen LogP contribution in [0.5, 0.6) is 0 Å². The molecule has 2 aliphatic heterocycles. The van der Waals surface area contributed by atoms with Gasteiger partial charge in [-0.2, -0.15) is 18.3 Å². The van der Waals surface area contributed by atoms with Gasteiger partial charge in [-0.15, -0.1) is 11.3 Å². The number of alkyl halides is 3. The van der Waals surface area contributed by atoms with Crippen LogP contribution in [0.25, 0.3) is 0 Å². The standard InChI is InChI=1S/C24H30F3N3O2S/c1-16(18-2-3-18)10-20(31)15-30-14-17(12-28-30)13-29-7-5-23(6-8-29)22-19(4-9-32-23)11-21(33-22)24(25,26)27/h10-12,14,18,20,31H,2-9,13,15H2,1H3/b16-10+. The van der Waals surface area contributed by atoms with E-state index in [-0.39, 0.29) is 0 Å². The van der Waals surface area contributed by atoms with Gasteiger partial charge in [0.15, 0.2) is 0 Å². The predicted octanol–water partition coefficient (Wildman–Crippen LogP) is 4.74. The molecule has 1 unspecified atom stereocenters.